The highest BCUT2D eigenvalue weighted by atomic mass is 79.9. The number of amides is 1. The minimum atomic E-state index is -0.713. The maximum absolute atomic E-state index is 13.4. The zero-order valence-corrected chi connectivity index (χ0v) is 23.6. The second-order valence-corrected chi connectivity index (χ2v) is 10.9. The maximum Gasteiger partial charge on any atom is 0.283 e. The Morgan fingerprint density at radius 2 is 1.69 bits per heavy atom. The van der Waals surface area contributed by atoms with E-state index in [2.05, 4.69) is 4.98 Å². The summed E-state index contributed by atoms with van der Waals surface area (Å²) in [5.41, 5.74) is 8.22. The van der Waals surface area contributed by atoms with E-state index in [4.69, 9.17) is 15.9 Å². The van der Waals surface area contributed by atoms with Crippen molar-refractivity contribution in [1.29, 1.82) is 5.41 Å². The third-order valence-corrected chi connectivity index (χ3v) is 6.03. The number of hydrogen-bond donors (Lipinski definition) is 3. The number of carbonyl (C=O) groups excluding carboxylic acids is 2. The third-order valence-electron chi connectivity index (χ3n) is 6.03. The van der Waals surface area contributed by atoms with Crippen LogP contribution in [0.15, 0.2) is 30.0 Å². The molecule has 1 aromatic heterocycles. The molecule has 2 aromatic rings. The number of phenols is 1. The predicted octanol–water partition coefficient (Wildman–Crippen LogP) is 4.46. The highest BCUT2D eigenvalue weighted by Crippen LogP contribution is 2.40. The van der Waals surface area contributed by atoms with Crippen molar-refractivity contribution in [2.24, 2.45) is 5.73 Å². The Morgan fingerprint density at radius 3 is 2.17 bits per heavy atom. The van der Waals surface area contributed by atoms with Crippen LogP contribution >= 0.6 is 17.0 Å². The minimum absolute atomic E-state index is 0. The topological polar surface area (TPSA) is 130 Å². The molecule has 0 atom stereocenters. The third kappa shape index (κ3) is 5.95. The predicted molar refractivity (Wildman–Crippen MR) is 146 cm³/mol. The van der Waals surface area contributed by atoms with Gasteiger partial charge in [0, 0.05) is 34.9 Å². The summed E-state index contributed by atoms with van der Waals surface area (Å²) in [6.07, 6.45) is 1.42. The van der Waals surface area contributed by atoms with Crippen LogP contribution in [0.4, 0.5) is 0 Å². The first-order valence-corrected chi connectivity index (χ1v) is 11.4. The summed E-state index contributed by atoms with van der Waals surface area (Å²) >= 11 is 0. The fraction of sp³-hybridized carbons (Fsp3) is 0.407. The molecule has 0 spiro atoms. The van der Waals surface area contributed by atoms with Crippen molar-refractivity contribution < 1.29 is 19.4 Å². The van der Waals surface area contributed by atoms with Crippen molar-refractivity contribution in [2.45, 2.75) is 58.9 Å². The van der Waals surface area contributed by atoms with Crippen LogP contribution in [0.2, 0.25) is 0 Å². The van der Waals surface area contributed by atoms with Crippen LogP contribution in [0.1, 0.15) is 80.0 Å². The first-order chi connectivity index (χ1) is 16.1. The summed E-state index contributed by atoms with van der Waals surface area (Å²) in [4.78, 5) is 30.9. The largest absolute Gasteiger partial charge is 0.507 e. The SMILES string of the molecule is Br.CO/C(=C\c1ccc2c(n1)C(=N)N(CC(=O)c1cc(C(C)(C)C)c(O)c(C(C)(C)C)c1)C2)C(N)=O. The van der Waals surface area contributed by atoms with Gasteiger partial charge in [0.2, 0.25) is 0 Å². The van der Waals surface area contributed by atoms with Gasteiger partial charge >= 0.3 is 0 Å². The van der Waals surface area contributed by atoms with Gasteiger partial charge in [0.1, 0.15) is 17.3 Å². The number of ether oxygens (including phenoxy) is 1. The Kier molecular flexibility index (Phi) is 8.41. The summed E-state index contributed by atoms with van der Waals surface area (Å²) in [7, 11) is 1.35. The molecule has 2 heterocycles. The summed E-state index contributed by atoms with van der Waals surface area (Å²) in [5.74, 6) is -0.540. The average molecular weight is 560 g/mol. The number of methoxy groups -OCH3 is 1. The van der Waals surface area contributed by atoms with Crippen LogP contribution < -0.4 is 5.73 Å². The zero-order chi connectivity index (χ0) is 26.3. The van der Waals surface area contributed by atoms with Crippen molar-refractivity contribution >= 4 is 40.6 Å². The van der Waals surface area contributed by atoms with E-state index in [1.165, 1.54) is 13.2 Å². The number of aromatic nitrogens is 1. The Hall–Kier alpha value is -3.20. The molecule has 9 heteroatoms. The molecule has 0 saturated carbocycles. The van der Waals surface area contributed by atoms with Crippen LogP contribution in [0.5, 0.6) is 5.75 Å². The zero-order valence-electron chi connectivity index (χ0n) is 21.9. The van der Waals surface area contributed by atoms with Crippen molar-refractivity contribution in [3.05, 3.63) is 63.7 Å². The van der Waals surface area contributed by atoms with Crippen molar-refractivity contribution in [3.8, 4) is 5.75 Å². The Labute approximate surface area is 222 Å². The normalized spacial score (nSPS) is 13.8. The molecule has 0 saturated heterocycles. The quantitative estimate of drug-likeness (QED) is 0.272. The molecule has 1 aliphatic heterocycles. The van der Waals surface area contributed by atoms with E-state index in [0.29, 0.717) is 23.5 Å². The Morgan fingerprint density at radius 1 is 1.14 bits per heavy atom. The van der Waals surface area contributed by atoms with Crippen LogP contribution in [0.25, 0.3) is 6.08 Å². The number of aromatic hydroxyl groups is 1. The fourth-order valence-corrected chi connectivity index (χ4v) is 4.05. The molecule has 0 radical (unpaired) electrons. The van der Waals surface area contributed by atoms with Crippen LogP contribution in [0, 0.1) is 5.41 Å². The van der Waals surface area contributed by atoms with Gasteiger partial charge in [0.15, 0.2) is 11.5 Å². The number of nitrogens with zero attached hydrogens (tertiary/aromatic N) is 2. The number of hydrogen-bond acceptors (Lipinski definition) is 6. The molecular weight excluding hydrogens is 524 g/mol. The van der Waals surface area contributed by atoms with Crippen LogP contribution in [-0.4, -0.2) is 46.2 Å². The molecule has 0 aliphatic carbocycles. The molecule has 1 aromatic carbocycles. The maximum atomic E-state index is 13.4. The van der Waals surface area contributed by atoms with Crippen molar-refractivity contribution in [3.63, 3.8) is 0 Å². The van der Waals surface area contributed by atoms with E-state index >= 15 is 0 Å². The van der Waals surface area contributed by atoms with Gasteiger partial charge in [-0.2, -0.15) is 0 Å². The lowest BCUT2D eigenvalue weighted by Gasteiger charge is -2.28. The first kappa shape index (κ1) is 29.0. The summed E-state index contributed by atoms with van der Waals surface area (Å²) in [6, 6.07) is 7.05. The Balaban J connectivity index is 0.00000456. The lowest BCUT2D eigenvalue weighted by Crippen LogP contribution is -2.31. The van der Waals surface area contributed by atoms with Gasteiger partial charge in [-0.3, -0.25) is 15.0 Å². The lowest BCUT2D eigenvalue weighted by atomic mass is 9.78. The molecule has 0 bridgehead atoms. The van der Waals surface area contributed by atoms with Gasteiger partial charge in [0.05, 0.1) is 19.3 Å². The number of nitrogens with one attached hydrogen (secondary N) is 1. The molecule has 194 valence electrons. The van der Waals surface area contributed by atoms with Crippen LogP contribution in [0.3, 0.4) is 0 Å². The number of phenolic OH excluding ortho intramolecular Hbond substituents is 1. The van der Waals surface area contributed by atoms with Crippen molar-refractivity contribution in [1.82, 2.24) is 9.88 Å². The average Bonchev–Trinajstić information content (AvgIpc) is 3.05. The number of halogens is 1. The second-order valence-electron chi connectivity index (χ2n) is 10.9. The van der Waals surface area contributed by atoms with E-state index in [1.807, 2.05) is 47.6 Å². The lowest BCUT2D eigenvalue weighted by molar-refractivity contribution is -0.117. The van der Waals surface area contributed by atoms with E-state index in [1.54, 1.807) is 23.1 Å². The number of rotatable bonds is 6. The number of fused-ring (bicyclic) bond motifs is 1. The van der Waals surface area contributed by atoms with Gasteiger partial charge in [-0.15, -0.1) is 17.0 Å². The molecule has 0 unspecified atom stereocenters. The highest BCUT2D eigenvalue weighted by molar-refractivity contribution is 8.93. The number of ketones is 1. The fourth-order valence-electron chi connectivity index (χ4n) is 4.05. The number of amidine groups is 1. The number of nitrogens with two attached hydrogens (primary N) is 1. The highest BCUT2D eigenvalue weighted by Gasteiger charge is 2.31. The number of primary amides is 1. The van der Waals surface area contributed by atoms with E-state index in [9.17, 15) is 14.7 Å². The van der Waals surface area contributed by atoms with E-state index in [-0.39, 0.29) is 57.5 Å². The van der Waals surface area contributed by atoms with Gasteiger partial charge < -0.3 is 20.5 Å². The van der Waals surface area contributed by atoms with Gasteiger partial charge in [-0.25, -0.2) is 4.98 Å². The van der Waals surface area contributed by atoms with Gasteiger partial charge in [-0.1, -0.05) is 47.6 Å². The Bertz CT molecular complexity index is 1200. The number of benzene rings is 1. The number of pyridine rings is 1. The summed E-state index contributed by atoms with van der Waals surface area (Å²) in [5, 5.41) is 19.5. The standard InChI is InChI=1S/C27H34N4O4.BrH/c1-26(2,3)18-10-16(11-19(23(18)33)27(4,5)6)20(32)14-31-13-15-8-9-17(30-22(15)24(31)28)12-21(35-7)25(29)34;/h8-12,28,33H,13-14H2,1-7H3,(H2,29,34);1H/b21-12-,28-24?;. The first-order valence-electron chi connectivity index (χ1n) is 11.4. The molecule has 3 rings (SSSR count). The molecule has 4 N–H and O–H groups in total. The van der Waals surface area contributed by atoms with Gasteiger partial charge in [-0.05, 0) is 29.0 Å². The monoisotopic (exact) mass is 558 g/mol. The second kappa shape index (κ2) is 10.4. The van der Waals surface area contributed by atoms with Gasteiger partial charge in [0.25, 0.3) is 5.91 Å². The van der Waals surface area contributed by atoms with E-state index in [0.717, 1.165) is 16.7 Å². The molecule has 8 nitrogen and oxygen atoms in total. The summed E-state index contributed by atoms with van der Waals surface area (Å²) < 4.78 is 4.98. The molecule has 36 heavy (non-hydrogen) atoms. The molecule has 0 fully saturated rings. The molecule has 1 aliphatic rings. The van der Waals surface area contributed by atoms with E-state index < -0.39 is 5.91 Å². The van der Waals surface area contributed by atoms with Crippen molar-refractivity contribution in [2.75, 3.05) is 13.7 Å². The minimum Gasteiger partial charge on any atom is -0.507 e. The molecular formula is C27H35BrN4O4. The van der Waals surface area contributed by atoms with Crippen LogP contribution in [-0.2, 0) is 26.9 Å². The number of carbonyl (C=O) groups is 2. The smallest absolute Gasteiger partial charge is 0.283 e. The summed E-state index contributed by atoms with van der Waals surface area (Å²) in [6.45, 7) is 12.4. The molecule has 1 amide bonds. The number of Topliss-reactive ketones (excluding diaryl/α,β-unsaturated/α-hetero) is 1.